The average molecular weight is 387 g/mol. The van der Waals surface area contributed by atoms with E-state index in [0.717, 1.165) is 16.5 Å². The standard InChI is InChI=1S/C20H17N7O2/c1-25-11-12(9-24-25)13-7-14-15(8-17(13)29-3)23-10-16-18(14)27(20(28)26(16)2)19-21-5-4-6-22-19/h4-11H,1-3H3. The molecule has 0 radical (unpaired) electrons. The number of pyridine rings is 1. The minimum Gasteiger partial charge on any atom is -0.496 e. The van der Waals surface area contributed by atoms with Crippen molar-refractivity contribution in [2.24, 2.45) is 14.1 Å². The fourth-order valence-electron chi connectivity index (χ4n) is 3.57. The Kier molecular flexibility index (Phi) is 3.70. The van der Waals surface area contributed by atoms with E-state index < -0.39 is 0 Å². The first-order chi connectivity index (χ1) is 14.1. The van der Waals surface area contributed by atoms with Gasteiger partial charge in [0.1, 0.15) is 5.75 Å². The van der Waals surface area contributed by atoms with Crippen LogP contribution in [0.25, 0.3) is 39.0 Å². The summed E-state index contributed by atoms with van der Waals surface area (Å²) < 4.78 is 10.4. The second kappa shape index (κ2) is 6.26. The SMILES string of the molecule is COc1cc2ncc3c(c2cc1-c1cnn(C)c1)n(-c1ncccn1)c(=O)n3C. The molecule has 9 nitrogen and oxygen atoms in total. The Labute approximate surface area is 164 Å². The summed E-state index contributed by atoms with van der Waals surface area (Å²) in [6.45, 7) is 0. The molecule has 0 aliphatic carbocycles. The van der Waals surface area contributed by atoms with Gasteiger partial charge in [0.15, 0.2) is 0 Å². The first-order valence-electron chi connectivity index (χ1n) is 8.93. The van der Waals surface area contributed by atoms with Crippen LogP contribution in [0.1, 0.15) is 0 Å². The number of ether oxygens (including phenoxy) is 1. The third kappa shape index (κ3) is 2.51. The molecule has 9 heteroatoms. The molecule has 1 aromatic carbocycles. The third-order valence-corrected chi connectivity index (χ3v) is 4.97. The number of hydrogen-bond donors (Lipinski definition) is 0. The molecule has 0 aliphatic rings. The lowest BCUT2D eigenvalue weighted by Crippen LogP contribution is -2.22. The Hall–Kier alpha value is -4.01. The minimum atomic E-state index is -0.237. The summed E-state index contributed by atoms with van der Waals surface area (Å²) >= 11 is 0. The molecule has 4 heterocycles. The second-order valence-electron chi connectivity index (χ2n) is 6.69. The molecular weight excluding hydrogens is 370 g/mol. The Balaban J connectivity index is 1.94. The normalized spacial score (nSPS) is 11.4. The molecule has 29 heavy (non-hydrogen) atoms. The van der Waals surface area contributed by atoms with Crippen LogP contribution in [0, 0.1) is 0 Å². The summed E-state index contributed by atoms with van der Waals surface area (Å²) in [6.07, 6.45) is 8.59. The van der Waals surface area contributed by atoms with E-state index in [1.54, 1.807) is 54.3 Å². The molecule has 5 aromatic rings. The van der Waals surface area contributed by atoms with Crippen LogP contribution in [0.4, 0.5) is 0 Å². The predicted molar refractivity (Wildman–Crippen MR) is 108 cm³/mol. The maximum absolute atomic E-state index is 13.0. The molecule has 0 saturated carbocycles. The van der Waals surface area contributed by atoms with Crippen LogP contribution < -0.4 is 10.4 Å². The van der Waals surface area contributed by atoms with Crippen molar-refractivity contribution < 1.29 is 4.74 Å². The largest absolute Gasteiger partial charge is 0.496 e. The van der Waals surface area contributed by atoms with Crippen molar-refractivity contribution in [3.63, 3.8) is 0 Å². The second-order valence-corrected chi connectivity index (χ2v) is 6.69. The smallest absolute Gasteiger partial charge is 0.335 e. The summed E-state index contributed by atoms with van der Waals surface area (Å²) in [5, 5.41) is 5.06. The molecule has 4 aromatic heterocycles. The fourth-order valence-corrected chi connectivity index (χ4v) is 3.57. The van der Waals surface area contributed by atoms with E-state index in [9.17, 15) is 4.79 Å². The van der Waals surface area contributed by atoms with Gasteiger partial charge in [-0.05, 0) is 12.1 Å². The van der Waals surface area contributed by atoms with E-state index in [4.69, 9.17) is 4.74 Å². The van der Waals surface area contributed by atoms with E-state index in [1.165, 1.54) is 4.57 Å². The summed E-state index contributed by atoms with van der Waals surface area (Å²) in [5.41, 5.74) is 3.62. The van der Waals surface area contributed by atoms with Gasteiger partial charge in [-0.1, -0.05) is 0 Å². The maximum Gasteiger partial charge on any atom is 0.335 e. The van der Waals surface area contributed by atoms with Crippen molar-refractivity contribution >= 4 is 21.9 Å². The summed E-state index contributed by atoms with van der Waals surface area (Å²) in [7, 11) is 5.19. The molecule has 0 fully saturated rings. The van der Waals surface area contributed by atoms with Gasteiger partial charge in [0.05, 0.1) is 36.1 Å². The highest BCUT2D eigenvalue weighted by molar-refractivity contribution is 6.05. The quantitative estimate of drug-likeness (QED) is 0.471. The van der Waals surface area contributed by atoms with Gasteiger partial charge in [-0.25, -0.2) is 19.3 Å². The highest BCUT2D eigenvalue weighted by Crippen LogP contribution is 2.36. The number of hydrogen-bond acceptors (Lipinski definition) is 6. The zero-order chi connectivity index (χ0) is 20.1. The van der Waals surface area contributed by atoms with Crippen LogP contribution in [-0.4, -0.2) is 41.0 Å². The van der Waals surface area contributed by atoms with Crippen LogP contribution >= 0.6 is 0 Å². The predicted octanol–water partition coefficient (Wildman–Crippen LogP) is 2.08. The van der Waals surface area contributed by atoms with Crippen molar-refractivity contribution in [1.29, 1.82) is 0 Å². The number of benzene rings is 1. The molecule has 0 unspecified atom stereocenters. The minimum absolute atomic E-state index is 0.237. The Morgan fingerprint density at radius 2 is 1.83 bits per heavy atom. The van der Waals surface area contributed by atoms with Gasteiger partial charge in [0.25, 0.3) is 0 Å². The van der Waals surface area contributed by atoms with Crippen molar-refractivity contribution in [2.45, 2.75) is 0 Å². The first kappa shape index (κ1) is 17.1. The molecule has 144 valence electrons. The molecule has 0 atom stereocenters. The van der Waals surface area contributed by atoms with E-state index >= 15 is 0 Å². The van der Waals surface area contributed by atoms with Crippen molar-refractivity contribution in [1.82, 2.24) is 33.9 Å². The van der Waals surface area contributed by atoms with Crippen LogP contribution in [-0.2, 0) is 14.1 Å². The molecule has 0 N–H and O–H groups in total. The summed E-state index contributed by atoms with van der Waals surface area (Å²) in [5.74, 6) is 0.993. The molecule has 0 aliphatic heterocycles. The number of fused-ring (bicyclic) bond motifs is 3. The number of aryl methyl sites for hydroxylation is 2. The third-order valence-electron chi connectivity index (χ3n) is 4.97. The Morgan fingerprint density at radius 3 is 2.52 bits per heavy atom. The zero-order valence-corrected chi connectivity index (χ0v) is 16.1. The van der Waals surface area contributed by atoms with Gasteiger partial charge in [-0.3, -0.25) is 14.2 Å². The van der Waals surface area contributed by atoms with Crippen LogP contribution in [0.3, 0.4) is 0 Å². The Morgan fingerprint density at radius 1 is 1.03 bits per heavy atom. The number of imidazole rings is 1. The van der Waals surface area contributed by atoms with Crippen LogP contribution in [0.2, 0.25) is 0 Å². The van der Waals surface area contributed by atoms with Crippen LogP contribution in [0.5, 0.6) is 5.75 Å². The summed E-state index contributed by atoms with van der Waals surface area (Å²) in [4.78, 5) is 26.1. The summed E-state index contributed by atoms with van der Waals surface area (Å²) in [6, 6.07) is 5.55. The number of nitrogens with zero attached hydrogens (tertiary/aromatic N) is 7. The first-order valence-corrected chi connectivity index (χ1v) is 8.93. The maximum atomic E-state index is 13.0. The molecule has 0 bridgehead atoms. The monoisotopic (exact) mass is 387 g/mol. The lowest BCUT2D eigenvalue weighted by atomic mass is 10.0. The van der Waals surface area contributed by atoms with E-state index in [1.807, 2.05) is 25.4 Å². The van der Waals surface area contributed by atoms with Gasteiger partial charge in [0.2, 0.25) is 5.95 Å². The highest BCUT2D eigenvalue weighted by Gasteiger charge is 2.19. The lowest BCUT2D eigenvalue weighted by Gasteiger charge is -2.10. The van der Waals surface area contributed by atoms with Gasteiger partial charge in [-0.15, -0.1) is 0 Å². The van der Waals surface area contributed by atoms with Crippen molar-refractivity contribution in [2.75, 3.05) is 7.11 Å². The van der Waals surface area contributed by atoms with Crippen molar-refractivity contribution in [3.8, 4) is 22.8 Å². The van der Waals surface area contributed by atoms with E-state index in [2.05, 4.69) is 20.1 Å². The molecule has 0 saturated heterocycles. The van der Waals surface area contributed by atoms with Gasteiger partial charge in [-0.2, -0.15) is 5.10 Å². The van der Waals surface area contributed by atoms with Crippen LogP contribution in [0.15, 0.2) is 54.0 Å². The Bertz CT molecular complexity index is 1430. The molecular formula is C20H17N7O2. The zero-order valence-electron chi connectivity index (χ0n) is 16.1. The number of rotatable bonds is 3. The van der Waals surface area contributed by atoms with Gasteiger partial charge < -0.3 is 4.74 Å². The van der Waals surface area contributed by atoms with E-state index in [0.29, 0.717) is 28.2 Å². The van der Waals surface area contributed by atoms with E-state index in [-0.39, 0.29) is 5.69 Å². The highest BCUT2D eigenvalue weighted by atomic mass is 16.5. The van der Waals surface area contributed by atoms with Crippen molar-refractivity contribution in [3.05, 3.63) is 59.7 Å². The number of aromatic nitrogens is 7. The average Bonchev–Trinajstić information content (AvgIpc) is 3.29. The number of methoxy groups -OCH3 is 1. The van der Waals surface area contributed by atoms with Gasteiger partial charge >= 0.3 is 5.69 Å². The van der Waals surface area contributed by atoms with Gasteiger partial charge in [0, 0.05) is 55.3 Å². The molecule has 0 spiro atoms. The fraction of sp³-hybridized carbons (Fsp3) is 0.150. The molecule has 5 rings (SSSR count). The molecule has 0 amide bonds. The topological polar surface area (TPSA) is 92.7 Å². The lowest BCUT2D eigenvalue weighted by molar-refractivity contribution is 0.417.